The van der Waals surface area contributed by atoms with E-state index in [1.54, 1.807) is 0 Å². The molecule has 1 aromatic carbocycles. The smallest absolute Gasteiger partial charge is 0.379 e. The first-order valence-corrected chi connectivity index (χ1v) is 8.47. The summed E-state index contributed by atoms with van der Waals surface area (Å²) in [6.45, 7) is 2.28. The molecule has 27 heavy (non-hydrogen) atoms. The molecular weight excluding hydrogens is 374 g/mol. The summed E-state index contributed by atoms with van der Waals surface area (Å²) in [5.41, 5.74) is 2.46. The van der Waals surface area contributed by atoms with Crippen LogP contribution < -0.4 is 5.73 Å². The Kier molecular flexibility index (Phi) is 6.69. The molecule has 0 bridgehead atoms. The Morgan fingerprint density at radius 1 is 1.07 bits per heavy atom. The lowest BCUT2D eigenvalue weighted by Gasteiger charge is -2.19. The van der Waals surface area contributed by atoms with Gasteiger partial charge in [0, 0.05) is 12.0 Å². The van der Waals surface area contributed by atoms with Crippen molar-refractivity contribution >= 4 is 10.9 Å². The molecule has 1 aromatic heterocycles. The van der Waals surface area contributed by atoms with Gasteiger partial charge >= 0.3 is 12.4 Å². The molecule has 2 rings (SSSR count). The van der Waals surface area contributed by atoms with Crippen LogP contribution in [0, 0.1) is 0 Å². The van der Waals surface area contributed by atoms with Crippen molar-refractivity contribution in [2.45, 2.75) is 44.6 Å². The SMILES string of the molecule is CCCCCOC[C@H](N)c1cc(C(F)(F)F)nc2c(C(F)(F)F)cccc12. The fraction of sp³-hybridized carbons (Fsp3) is 0.500. The van der Waals surface area contributed by atoms with Crippen molar-refractivity contribution in [3.63, 3.8) is 0 Å². The molecule has 0 radical (unpaired) electrons. The predicted molar refractivity (Wildman–Crippen MR) is 89.0 cm³/mol. The molecule has 0 spiro atoms. The summed E-state index contributed by atoms with van der Waals surface area (Å²) in [5.74, 6) is 0. The third kappa shape index (κ3) is 5.32. The monoisotopic (exact) mass is 394 g/mol. The number of ether oxygens (including phenoxy) is 1. The molecule has 0 saturated carbocycles. The van der Waals surface area contributed by atoms with E-state index in [2.05, 4.69) is 4.98 Å². The van der Waals surface area contributed by atoms with Crippen LogP contribution in [0.4, 0.5) is 26.3 Å². The summed E-state index contributed by atoms with van der Waals surface area (Å²) in [5, 5.41) is -0.0671. The highest BCUT2D eigenvalue weighted by Gasteiger charge is 2.37. The van der Waals surface area contributed by atoms with E-state index in [1.807, 2.05) is 6.92 Å². The van der Waals surface area contributed by atoms with Gasteiger partial charge in [-0.3, -0.25) is 0 Å². The van der Waals surface area contributed by atoms with Crippen LogP contribution in [-0.4, -0.2) is 18.2 Å². The van der Waals surface area contributed by atoms with Gasteiger partial charge in [-0.1, -0.05) is 31.9 Å². The zero-order chi connectivity index (χ0) is 20.2. The number of fused-ring (bicyclic) bond motifs is 1. The molecule has 1 heterocycles. The fourth-order valence-electron chi connectivity index (χ4n) is 2.71. The second kappa shape index (κ2) is 8.43. The van der Waals surface area contributed by atoms with E-state index in [0.29, 0.717) is 18.7 Å². The Balaban J connectivity index is 2.47. The van der Waals surface area contributed by atoms with Crippen LogP contribution in [0.1, 0.15) is 49.0 Å². The highest BCUT2D eigenvalue weighted by molar-refractivity contribution is 5.86. The minimum absolute atomic E-state index is 0.0671. The second-order valence-corrected chi connectivity index (χ2v) is 6.18. The maximum atomic E-state index is 13.2. The number of pyridine rings is 1. The van der Waals surface area contributed by atoms with Crippen molar-refractivity contribution in [3.8, 4) is 0 Å². The Morgan fingerprint density at radius 2 is 1.78 bits per heavy atom. The standard InChI is InChI=1S/C18H20F6N2O/c1-2-3-4-8-27-10-14(25)12-9-15(18(22,23)24)26-16-11(12)6-5-7-13(16)17(19,20)21/h5-7,9,14H,2-4,8,10,25H2,1H3/t14-/m0/s1. The molecule has 1 atom stereocenters. The quantitative estimate of drug-likeness (QED) is 0.500. The van der Waals surface area contributed by atoms with E-state index >= 15 is 0 Å². The van der Waals surface area contributed by atoms with Gasteiger partial charge < -0.3 is 10.5 Å². The lowest BCUT2D eigenvalue weighted by molar-refractivity contribution is -0.142. The lowest BCUT2D eigenvalue weighted by atomic mass is 9.99. The molecule has 3 nitrogen and oxygen atoms in total. The van der Waals surface area contributed by atoms with Crippen molar-refractivity contribution in [1.29, 1.82) is 0 Å². The van der Waals surface area contributed by atoms with Crippen molar-refractivity contribution < 1.29 is 31.1 Å². The molecule has 0 amide bonds. The molecule has 0 aliphatic carbocycles. The number of halogens is 6. The second-order valence-electron chi connectivity index (χ2n) is 6.18. The fourth-order valence-corrected chi connectivity index (χ4v) is 2.71. The number of alkyl halides is 6. The zero-order valence-corrected chi connectivity index (χ0v) is 14.6. The third-order valence-electron chi connectivity index (χ3n) is 4.06. The number of nitrogens with zero attached hydrogens (tertiary/aromatic N) is 1. The maximum Gasteiger partial charge on any atom is 0.433 e. The van der Waals surface area contributed by atoms with E-state index in [9.17, 15) is 26.3 Å². The summed E-state index contributed by atoms with van der Waals surface area (Å²) >= 11 is 0. The highest BCUT2D eigenvalue weighted by atomic mass is 19.4. The summed E-state index contributed by atoms with van der Waals surface area (Å²) in [6.07, 6.45) is -7.06. The van der Waals surface area contributed by atoms with Crippen LogP contribution in [0.3, 0.4) is 0 Å². The topological polar surface area (TPSA) is 48.1 Å². The van der Waals surface area contributed by atoms with Gasteiger partial charge in [0.05, 0.1) is 23.7 Å². The van der Waals surface area contributed by atoms with Crippen LogP contribution in [-0.2, 0) is 17.1 Å². The minimum atomic E-state index is -4.90. The average molecular weight is 394 g/mol. The van der Waals surface area contributed by atoms with Crippen LogP contribution in [0.2, 0.25) is 0 Å². The molecule has 0 aliphatic heterocycles. The summed E-state index contributed by atoms with van der Waals surface area (Å²) < 4.78 is 84.5. The highest BCUT2D eigenvalue weighted by Crippen LogP contribution is 2.38. The van der Waals surface area contributed by atoms with E-state index in [-0.39, 0.29) is 17.6 Å². The Hall–Kier alpha value is -1.87. The van der Waals surface area contributed by atoms with E-state index < -0.39 is 35.2 Å². The van der Waals surface area contributed by atoms with E-state index in [4.69, 9.17) is 10.5 Å². The number of hydrogen-bond donors (Lipinski definition) is 1. The largest absolute Gasteiger partial charge is 0.433 e. The lowest BCUT2D eigenvalue weighted by Crippen LogP contribution is -2.20. The number of rotatable bonds is 7. The van der Waals surface area contributed by atoms with Crippen molar-refractivity contribution in [2.75, 3.05) is 13.2 Å². The van der Waals surface area contributed by atoms with Gasteiger partial charge in [-0.2, -0.15) is 26.3 Å². The van der Waals surface area contributed by atoms with Gasteiger partial charge in [-0.15, -0.1) is 0 Å². The van der Waals surface area contributed by atoms with E-state index in [1.165, 1.54) is 6.07 Å². The van der Waals surface area contributed by atoms with Crippen LogP contribution >= 0.6 is 0 Å². The molecule has 0 aliphatic rings. The Bertz CT molecular complexity index is 773. The number of benzene rings is 1. The zero-order valence-electron chi connectivity index (χ0n) is 14.6. The number of aromatic nitrogens is 1. The van der Waals surface area contributed by atoms with Crippen molar-refractivity contribution in [2.24, 2.45) is 5.73 Å². The molecule has 0 unspecified atom stereocenters. The van der Waals surface area contributed by atoms with Crippen molar-refractivity contribution in [1.82, 2.24) is 4.98 Å². The summed E-state index contributed by atoms with van der Waals surface area (Å²) in [6, 6.07) is 2.79. The molecule has 2 aromatic rings. The average Bonchev–Trinajstić information content (AvgIpc) is 2.58. The van der Waals surface area contributed by atoms with Crippen molar-refractivity contribution in [3.05, 3.63) is 41.1 Å². The minimum Gasteiger partial charge on any atom is -0.379 e. The van der Waals surface area contributed by atoms with Gasteiger partial charge in [-0.05, 0) is 24.1 Å². The predicted octanol–water partition coefficient (Wildman–Crippen LogP) is 5.48. The number of para-hydroxylation sites is 1. The van der Waals surface area contributed by atoms with E-state index in [0.717, 1.165) is 25.3 Å². The molecular formula is C18H20F6N2O. The van der Waals surface area contributed by atoms with Crippen LogP contribution in [0.5, 0.6) is 0 Å². The normalized spacial score (nSPS) is 13.9. The molecule has 9 heteroatoms. The Labute approximate surface area is 152 Å². The van der Waals surface area contributed by atoms with Crippen LogP contribution in [0.25, 0.3) is 10.9 Å². The summed E-state index contributed by atoms with van der Waals surface area (Å²) in [7, 11) is 0. The molecule has 0 saturated heterocycles. The van der Waals surface area contributed by atoms with Gasteiger partial charge in [0.25, 0.3) is 0 Å². The van der Waals surface area contributed by atoms with Gasteiger partial charge in [0.2, 0.25) is 0 Å². The third-order valence-corrected chi connectivity index (χ3v) is 4.06. The molecule has 2 N–H and O–H groups in total. The van der Waals surface area contributed by atoms with Gasteiger partial charge in [-0.25, -0.2) is 4.98 Å². The van der Waals surface area contributed by atoms with Gasteiger partial charge in [0.15, 0.2) is 0 Å². The molecule has 0 fully saturated rings. The Morgan fingerprint density at radius 3 is 2.37 bits per heavy atom. The first-order chi connectivity index (χ1) is 12.6. The summed E-state index contributed by atoms with van der Waals surface area (Å²) in [4.78, 5) is 3.24. The maximum absolute atomic E-state index is 13.2. The number of unbranched alkanes of at least 4 members (excludes halogenated alkanes) is 2. The van der Waals surface area contributed by atoms with Crippen LogP contribution in [0.15, 0.2) is 24.3 Å². The number of nitrogens with two attached hydrogens (primary N) is 1. The first-order valence-electron chi connectivity index (χ1n) is 8.47. The number of hydrogen-bond acceptors (Lipinski definition) is 3. The molecule has 150 valence electrons. The van der Waals surface area contributed by atoms with Gasteiger partial charge in [0.1, 0.15) is 5.69 Å². The first kappa shape index (κ1) is 21.4.